The Labute approximate surface area is 307 Å². The predicted molar refractivity (Wildman–Crippen MR) is 182 cm³/mol. The van der Waals surface area contributed by atoms with Gasteiger partial charge in [-0.2, -0.15) is 48.7 Å². The predicted octanol–water partition coefficient (Wildman–Crippen LogP) is 1.02. The van der Waals surface area contributed by atoms with Crippen molar-refractivity contribution in [2.75, 3.05) is 0 Å². The summed E-state index contributed by atoms with van der Waals surface area (Å²) in [6.07, 6.45) is -7.36. The van der Waals surface area contributed by atoms with E-state index in [0.717, 1.165) is 6.26 Å². The summed E-state index contributed by atoms with van der Waals surface area (Å²) in [6, 6.07) is -4.79. The van der Waals surface area contributed by atoms with Gasteiger partial charge in [0.1, 0.15) is 29.1 Å². The SMILES string of the molecule is C=COC1NC(NC2CC(S(=O)(=O)O)CC3CC(S(=O)(=O)O)C(N=NC4CCCCC4C(F)(F)F)C(O)C32)NC(NC2CCC(C)CC2S(=O)(=O)O)N1. The van der Waals surface area contributed by atoms with Crippen LogP contribution in [0.4, 0.5) is 13.2 Å². The zero-order valence-corrected chi connectivity index (χ0v) is 31.4. The lowest BCUT2D eigenvalue weighted by molar-refractivity contribution is -0.186. The summed E-state index contributed by atoms with van der Waals surface area (Å²) in [5.41, 5.74) is 0. The second kappa shape index (κ2) is 16.5. The smallest absolute Gasteiger partial charge is 0.393 e. The fraction of sp³-hybridized carbons (Fsp3) is 0.931. The van der Waals surface area contributed by atoms with Crippen molar-refractivity contribution in [3.8, 4) is 0 Å². The van der Waals surface area contributed by atoms with Crippen molar-refractivity contribution in [2.45, 2.75) is 142 Å². The number of aliphatic hydroxyl groups excluding tert-OH is 1. The maximum Gasteiger partial charge on any atom is 0.393 e. The quantitative estimate of drug-likeness (QED) is 0.0799. The minimum absolute atomic E-state index is 0.0281. The zero-order valence-electron chi connectivity index (χ0n) is 28.9. The molecule has 306 valence electrons. The highest BCUT2D eigenvalue weighted by molar-refractivity contribution is 7.87. The third-order valence-corrected chi connectivity index (χ3v) is 15.2. The van der Waals surface area contributed by atoms with E-state index in [0.29, 0.717) is 25.7 Å². The summed E-state index contributed by atoms with van der Waals surface area (Å²) in [6.45, 7) is 5.41. The third kappa shape index (κ3) is 10.4. The van der Waals surface area contributed by atoms with Crippen LogP contribution in [0.3, 0.4) is 0 Å². The summed E-state index contributed by atoms with van der Waals surface area (Å²) >= 11 is 0. The van der Waals surface area contributed by atoms with Crippen LogP contribution in [0.1, 0.15) is 71.1 Å². The van der Waals surface area contributed by atoms with Gasteiger partial charge < -0.3 is 9.84 Å². The third-order valence-electron chi connectivity index (χ3n) is 11.5. The maximum atomic E-state index is 13.8. The number of alkyl halides is 3. The molecule has 0 aromatic carbocycles. The van der Waals surface area contributed by atoms with Crippen LogP contribution in [0.15, 0.2) is 23.1 Å². The van der Waals surface area contributed by atoms with Gasteiger partial charge in [-0.3, -0.25) is 29.6 Å². The molecule has 1 heterocycles. The van der Waals surface area contributed by atoms with Crippen LogP contribution in [-0.2, 0) is 35.1 Å². The number of ether oxygens (including phenoxy) is 1. The standard InChI is InChI=1S/C29H50F3N7O11S3/c1-3-50-28-36-26(33-19-9-8-14(2)10-21(19)52(44,45)46)35-27(37-28)34-20-13-16(51(41,42)43)11-15-12-22(53(47,48)49)24(25(40)23(15)20)39-38-18-7-5-4-6-17(18)29(30,31)32/h3,14-28,33-37,40H,1,4-13H2,2H3,(H,41,42,43)(H,44,45,46)(H,47,48,49). The zero-order chi connectivity index (χ0) is 39.1. The lowest BCUT2D eigenvalue weighted by atomic mass is 9.65. The number of azo groups is 1. The number of rotatable bonds is 11. The van der Waals surface area contributed by atoms with Crippen molar-refractivity contribution < 1.29 is 61.9 Å². The number of hydrogen-bond donors (Lipinski definition) is 9. The average Bonchev–Trinajstić information content (AvgIpc) is 3.03. The summed E-state index contributed by atoms with van der Waals surface area (Å²) in [5, 5.41) is 30.7. The molecule has 5 aliphatic rings. The topological polar surface area (TPSA) is 277 Å². The summed E-state index contributed by atoms with van der Waals surface area (Å²) < 4.78 is 152. The monoisotopic (exact) mass is 825 g/mol. The normalized spacial score (nSPS) is 42.2. The highest BCUT2D eigenvalue weighted by Gasteiger charge is 2.56. The molecule has 24 heteroatoms. The van der Waals surface area contributed by atoms with E-state index in [2.05, 4.69) is 43.4 Å². The van der Waals surface area contributed by atoms with E-state index in [1.165, 1.54) is 0 Å². The Morgan fingerprint density at radius 2 is 1.42 bits per heavy atom. The fourth-order valence-corrected chi connectivity index (χ4v) is 12.1. The van der Waals surface area contributed by atoms with E-state index in [1.54, 1.807) is 0 Å². The van der Waals surface area contributed by atoms with E-state index in [-0.39, 0.29) is 38.0 Å². The molecule has 0 spiro atoms. The van der Waals surface area contributed by atoms with Gasteiger partial charge in [0.05, 0.1) is 29.6 Å². The lowest BCUT2D eigenvalue weighted by Crippen LogP contribution is -2.77. The van der Waals surface area contributed by atoms with E-state index in [4.69, 9.17) is 4.74 Å². The molecule has 0 aromatic heterocycles. The van der Waals surface area contributed by atoms with Crippen molar-refractivity contribution in [1.82, 2.24) is 26.6 Å². The second-order valence-corrected chi connectivity index (χ2v) is 20.0. The Morgan fingerprint density at radius 3 is 2.00 bits per heavy atom. The molecule has 1 aliphatic heterocycles. The molecule has 0 amide bonds. The number of halogens is 3. The number of nitrogens with zero attached hydrogens (tertiary/aromatic N) is 2. The van der Waals surface area contributed by atoms with Crippen LogP contribution in [0.5, 0.6) is 0 Å². The van der Waals surface area contributed by atoms with E-state index in [9.17, 15) is 57.2 Å². The second-order valence-electron chi connectivity index (χ2n) is 15.0. The van der Waals surface area contributed by atoms with Gasteiger partial charge in [-0.25, -0.2) is 10.6 Å². The largest absolute Gasteiger partial charge is 0.470 e. The van der Waals surface area contributed by atoms with Crippen LogP contribution in [-0.4, -0.2) is 115 Å². The molecule has 15 atom stereocenters. The highest BCUT2D eigenvalue weighted by Crippen LogP contribution is 2.46. The summed E-state index contributed by atoms with van der Waals surface area (Å²) in [7, 11) is -14.2. The first-order chi connectivity index (χ1) is 24.6. The molecule has 5 rings (SSSR count). The van der Waals surface area contributed by atoms with Crippen molar-refractivity contribution in [3.05, 3.63) is 12.8 Å². The Hall–Kier alpha value is -1.58. The van der Waals surface area contributed by atoms with Crippen molar-refractivity contribution in [2.24, 2.45) is 33.9 Å². The molecule has 5 fully saturated rings. The molecule has 15 unspecified atom stereocenters. The van der Waals surface area contributed by atoms with E-state index < -0.39 is 126 Å². The first kappa shape index (κ1) is 42.6. The van der Waals surface area contributed by atoms with Crippen LogP contribution in [0, 0.1) is 23.7 Å². The highest BCUT2D eigenvalue weighted by atomic mass is 32.2. The Morgan fingerprint density at radius 1 is 0.792 bits per heavy atom. The van der Waals surface area contributed by atoms with Crippen molar-refractivity contribution in [3.63, 3.8) is 0 Å². The molecular formula is C29H50F3N7O11S3. The maximum absolute atomic E-state index is 13.8. The Bertz CT molecular complexity index is 1660. The first-order valence-corrected chi connectivity index (χ1v) is 22.2. The minimum atomic E-state index is -5.00. The number of fused-ring (bicyclic) bond motifs is 1. The van der Waals surface area contributed by atoms with Crippen molar-refractivity contribution >= 4 is 30.4 Å². The lowest BCUT2D eigenvalue weighted by Gasteiger charge is -2.51. The molecular weight excluding hydrogens is 776 g/mol. The van der Waals surface area contributed by atoms with Crippen molar-refractivity contribution in [1.29, 1.82) is 0 Å². The Balaban J connectivity index is 1.42. The molecule has 53 heavy (non-hydrogen) atoms. The number of nitrogens with one attached hydrogen (secondary N) is 5. The van der Waals surface area contributed by atoms with Crippen LogP contribution < -0.4 is 26.6 Å². The van der Waals surface area contributed by atoms with Gasteiger partial charge in [0.15, 0.2) is 0 Å². The molecule has 18 nitrogen and oxygen atoms in total. The van der Waals surface area contributed by atoms with Crippen LogP contribution in [0.2, 0.25) is 0 Å². The number of hydrogen-bond acceptors (Lipinski definition) is 15. The van der Waals surface area contributed by atoms with Gasteiger partial charge in [0, 0.05) is 18.0 Å². The average molecular weight is 826 g/mol. The minimum Gasteiger partial charge on any atom is -0.470 e. The molecule has 1 saturated heterocycles. The van der Waals surface area contributed by atoms with Crippen LogP contribution >= 0.6 is 0 Å². The van der Waals surface area contributed by atoms with Gasteiger partial charge in [-0.05, 0) is 63.2 Å². The fourth-order valence-electron chi connectivity index (χ4n) is 8.93. The molecule has 4 saturated carbocycles. The first-order valence-electron chi connectivity index (χ1n) is 17.7. The van der Waals surface area contributed by atoms with Gasteiger partial charge in [0.25, 0.3) is 30.4 Å². The van der Waals surface area contributed by atoms with Gasteiger partial charge in [0.2, 0.25) is 6.35 Å². The van der Waals surface area contributed by atoms with Crippen LogP contribution in [0.25, 0.3) is 0 Å². The Kier molecular flexibility index (Phi) is 13.2. The molecule has 9 N–H and O–H groups in total. The van der Waals surface area contributed by atoms with E-state index in [1.807, 2.05) is 6.92 Å². The van der Waals surface area contributed by atoms with Gasteiger partial charge in [-0.15, -0.1) is 0 Å². The van der Waals surface area contributed by atoms with Gasteiger partial charge >= 0.3 is 6.18 Å². The van der Waals surface area contributed by atoms with Gasteiger partial charge in [-0.1, -0.05) is 26.3 Å². The summed E-state index contributed by atoms with van der Waals surface area (Å²) in [5.74, 6) is -3.75. The molecule has 0 bridgehead atoms. The molecule has 0 radical (unpaired) electrons. The molecule has 0 aromatic rings. The molecule has 4 aliphatic carbocycles. The van der Waals surface area contributed by atoms with E-state index >= 15 is 0 Å². The summed E-state index contributed by atoms with van der Waals surface area (Å²) in [4.78, 5) is 0. The number of aliphatic hydroxyl groups is 1.